The van der Waals surface area contributed by atoms with Gasteiger partial charge in [-0.25, -0.2) is 4.79 Å². The summed E-state index contributed by atoms with van der Waals surface area (Å²) in [6.07, 6.45) is -0.479. The number of carboxylic acid groups (broad SMARTS) is 1. The lowest BCUT2D eigenvalue weighted by atomic mass is 10.1. The van der Waals surface area contributed by atoms with Crippen LogP contribution < -0.4 is 0 Å². The summed E-state index contributed by atoms with van der Waals surface area (Å²) in [5, 5.41) is 8.88. The van der Waals surface area contributed by atoms with E-state index in [1.807, 2.05) is 18.2 Å². The lowest BCUT2D eigenvalue weighted by Crippen LogP contribution is -2.31. The molecular weight excluding hydrogens is 230 g/mol. The third-order valence-electron chi connectivity index (χ3n) is 4.02. The molecule has 4 atom stereocenters. The van der Waals surface area contributed by atoms with Crippen LogP contribution in [0.15, 0.2) is 30.3 Å². The first-order valence-corrected chi connectivity index (χ1v) is 6.35. The van der Waals surface area contributed by atoms with Crippen molar-refractivity contribution >= 4 is 6.09 Å². The maximum absolute atomic E-state index is 10.8. The van der Waals surface area contributed by atoms with Crippen LogP contribution in [0.2, 0.25) is 0 Å². The van der Waals surface area contributed by atoms with E-state index >= 15 is 0 Å². The van der Waals surface area contributed by atoms with Crippen molar-refractivity contribution in [1.29, 1.82) is 0 Å². The summed E-state index contributed by atoms with van der Waals surface area (Å²) in [7, 11) is 0. The topological polar surface area (TPSA) is 49.8 Å². The normalized spacial score (nSPS) is 30.9. The number of hydrogen-bond donors (Lipinski definition) is 1. The molecule has 0 spiro atoms. The maximum Gasteiger partial charge on any atom is 0.407 e. The molecule has 1 amide bonds. The number of rotatable bonds is 3. The predicted molar refractivity (Wildman–Crippen MR) is 66.3 cm³/mol. The highest BCUT2D eigenvalue weighted by Crippen LogP contribution is 2.49. The summed E-state index contributed by atoms with van der Waals surface area (Å²) in [4.78, 5) is 12.3. The van der Waals surface area contributed by atoms with Crippen LogP contribution in [0.1, 0.15) is 18.6 Å². The first-order valence-electron chi connectivity index (χ1n) is 6.35. The van der Waals surface area contributed by atoms with Gasteiger partial charge in [-0.2, -0.15) is 0 Å². The molecule has 1 N–H and O–H groups in total. The third kappa shape index (κ3) is 1.97. The smallest absolute Gasteiger partial charge is 0.407 e. The van der Waals surface area contributed by atoms with E-state index in [2.05, 4.69) is 19.1 Å². The van der Waals surface area contributed by atoms with Gasteiger partial charge in [0, 0.05) is 24.9 Å². The molecule has 0 radical (unpaired) electrons. The molecule has 1 saturated carbocycles. The number of benzene rings is 1. The van der Waals surface area contributed by atoms with Crippen LogP contribution in [0.3, 0.4) is 0 Å². The van der Waals surface area contributed by atoms with Crippen molar-refractivity contribution in [3.05, 3.63) is 35.9 Å². The molecule has 2 aliphatic rings. The van der Waals surface area contributed by atoms with Crippen molar-refractivity contribution in [2.45, 2.75) is 19.1 Å². The van der Waals surface area contributed by atoms with Crippen molar-refractivity contribution in [3.63, 3.8) is 0 Å². The summed E-state index contributed by atoms with van der Waals surface area (Å²) in [5.74, 6) is 0.819. The second-order valence-corrected chi connectivity index (χ2v) is 5.17. The van der Waals surface area contributed by atoms with Gasteiger partial charge >= 0.3 is 6.09 Å². The third-order valence-corrected chi connectivity index (χ3v) is 4.02. The summed E-state index contributed by atoms with van der Waals surface area (Å²) >= 11 is 0. The second kappa shape index (κ2) is 4.28. The predicted octanol–water partition coefficient (Wildman–Crippen LogP) is 2.37. The standard InChI is InChI=1S/C14H17NO3/c1-9(10-5-3-2-4-6-10)18-13-11-7-15(14(16)17)8-12(11)13/h2-6,9,11-13H,7-8H2,1H3,(H,16,17)/t9?,11-,12+,13-. The van der Waals surface area contributed by atoms with Gasteiger partial charge in [0.05, 0.1) is 12.2 Å². The fraction of sp³-hybridized carbons (Fsp3) is 0.500. The fourth-order valence-electron chi connectivity index (χ4n) is 2.87. The Labute approximate surface area is 106 Å². The van der Waals surface area contributed by atoms with Crippen molar-refractivity contribution < 1.29 is 14.6 Å². The summed E-state index contributed by atoms with van der Waals surface area (Å²) < 4.78 is 6.02. The number of likely N-dealkylation sites (tertiary alicyclic amines) is 1. The summed E-state index contributed by atoms with van der Waals surface area (Å²) in [6.45, 7) is 3.32. The second-order valence-electron chi connectivity index (χ2n) is 5.17. The van der Waals surface area contributed by atoms with Crippen LogP contribution in [0.5, 0.6) is 0 Å². The van der Waals surface area contributed by atoms with Crippen molar-refractivity contribution in [3.8, 4) is 0 Å². The molecule has 1 unspecified atom stereocenters. The largest absolute Gasteiger partial charge is 0.465 e. The van der Waals surface area contributed by atoms with E-state index in [9.17, 15) is 4.79 Å². The van der Waals surface area contributed by atoms with Crippen LogP contribution in [-0.4, -0.2) is 35.3 Å². The molecule has 1 aliphatic carbocycles. The van der Waals surface area contributed by atoms with Crippen LogP contribution in [0, 0.1) is 11.8 Å². The molecule has 0 bridgehead atoms. The number of nitrogens with zero attached hydrogens (tertiary/aromatic N) is 1. The highest BCUT2D eigenvalue weighted by atomic mass is 16.5. The van der Waals surface area contributed by atoms with Crippen molar-refractivity contribution in [2.75, 3.05) is 13.1 Å². The van der Waals surface area contributed by atoms with Crippen LogP contribution >= 0.6 is 0 Å². The van der Waals surface area contributed by atoms with Crippen LogP contribution in [0.4, 0.5) is 4.79 Å². The zero-order valence-electron chi connectivity index (χ0n) is 10.3. The van der Waals surface area contributed by atoms with Gasteiger partial charge in [-0.05, 0) is 12.5 Å². The Balaban J connectivity index is 1.54. The molecular formula is C14H17NO3. The van der Waals surface area contributed by atoms with Gasteiger partial charge in [0.1, 0.15) is 0 Å². The number of amides is 1. The van der Waals surface area contributed by atoms with E-state index in [4.69, 9.17) is 9.84 Å². The Bertz CT molecular complexity index is 436. The lowest BCUT2D eigenvalue weighted by Gasteiger charge is -2.19. The molecule has 2 fully saturated rings. The number of ether oxygens (including phenoxy) is 1. The Kier molecular flexibility index (Phi) is 2.74. The first kappa shape index (κ1) is 11.5. The zero-order chi connectivity index (χ0) is 12.7. The summed E-state index contributed by atoms with van der Waals surface area (Å²) in [6, 6.07) is 10.1. The zero-order valence-corrected chi connectivity index (χ0v) is 10.3. The molecule has 3 rings (SSSR count). The van der Waals surface area contributed by atoms with Gasteiger partial charge in [-0.3, -0.25) is 0 Å². The van der Waals surface area contributed by atoms with E-state index in [0.717, 1.165) is 0 Å². The highest BCUT2D eigenvalue weighted by molar-refractivity contribution is 5.65. The molecule has 18 heavy (non-hydrogen) atoms. The van der Waals surface area contributed by atoms with E-state index < -0.39 is 6.09 Å². The Morgan fingerprint density at radius 2 is 1.94 bits per heavy atom. The molecule has 4 heteroatoms. The number of piperidine rings is 1. The Hall–Kier alpha value is -1.55. The molecule has 1 aromatic carbocycles. The minimum Gasteiger partial charge on any atom is -0.465 e. The van der Waals surface area contributed by atoms with E-state index in [1.165, 1.54) is 10.5 Å². The fourth-order valence-corrected chi connectivity index (χ4v) is 2.87. The van der Waals surface area contributed by atoms with E-state index in [-0.39, 0.29) is 12.2 Å². The van der Waals surface area contributed by atoms with Gasteiger partial charge in [-0.1, -0.05) is 30.3 Å². The van der Waals surface area contributed by atoms with Crippen LogP contribution in [0.25, 0.3) is 0 Å². The maximum atomic E-state index is 10.8. The van der Waals surface area contributed by atoms with Gasteiger partial charge in [-0.15, -0.1) is 0 Å². The van der Waals surface area contributed by atoms with Crippen molar-refractivity contribution in [2.24, 2.45) is 11.8 Å². The Morgan fingerprint density at radius 3 is 2.50 bits per heavy atom. The van der Waals surface area contributed by atoms with Gasteiger partial charge in [0.2, 0.25) is 0 Å². The summed E-state index contributed by atoms with van der Waals surface area (Å²) in [5.41, 5.74) is 1.18. The average molecular weight is 247 g/mol. The quantitative estimate of drug-likeness (QED) is 0.892. The minimum atomic E-state index is -0.808. The molecule has 1 saturated heterocycles. The molecule has 4 nitrogen and oxygen atoms in total. The Morgan fingerprint density at radius 1 is 1.33 bits per heavy atom. The first-order chi connectivity index (χ1) is 8.66. The van der Waals surface area contributed by atoms with Crippen LogP contribution in [-0.2, 0) is 4.74 Å². The lowest BCUT2D eigenvalue weighted by molar-refractivity contribution is 0.0253. The monoisotopic (exact) mass is 247 g/mol. The molecule has 1 heterocycles. The van der Waals surface area contributed by atoms with E-state index in [0.29, 0.717) is 24.9 Å². The average Bonchev–Trinajstić information content (AvgIpc) is 2.84. The van der Waals surface area contributed by atoms with Gasteiger partial charge in [0.25, 0.3) is 0 Å². The highest BCUT2D eigenvalue weighted by Gasteiger charge is 2.58. The number of carbonyl (C=O) groups is 1. The molecule has 0 aromatic heterocycles. The molecule has 1 aromatic rings. The number of hydrogen-bond acceptors (Lipinski definition) is 2. The molecule has 96 valence electrons. The van der Waals surface area contributed by atoms with E-state index in [1.54, 1.807) is 0 Å². The number of fused-ring (bicyclic) bond motifs is 1. The van der Waals surface area contributed by atoms with Crippen molar-refractivity contribution in [1.82, 2.24) is 4.90 Å². The van der Waals surface area contributed by atoms with Gasteiger partial charge < -0.3 is 14.7 Å². The minimum absolute atomic E-state index is 0.0834. The molecule has 1 aliphatic heterocycles. The SMILES string of the molecule is CC(O[C@@H]1[C@@H]2CN(C(=O)O)C[C@@H]21)c1ccccc1. The van der Waals surface area contributed by atoms with Gasteiger partial charge in [0.15, 0.2) is 0 Å².